The number of amides is 1. The molecule has 4 rings (SSSR count). The van der Waals surface area contributed by atoms with Crippen molar-refractivity contribution in [3.63, 3.8) is 0 Å². The highest BCUT2D eigenvalue weighted by molar-refractivity contribution is 7.18. The van der Waals surface area contributed by atoms with E-state index in [1.165, 1.54) is 26.4 Å². The van der Waals surface area contributed by atoms with E-state index < -0.39 is 5.97 Å². The van der Waals surface area contributed by atoms with Crippen molar-refractivity contribution in [1.82, 2.24) is 9.97 Å². The lowest BCUT2D eigenvalue weighted by Gasteiger charge is -2.26. The van der Waals surface area contributed by atoms with Crippen molar-refractivity contribution < 1.29 is 14.3 Å². The van der Waals surface area contributed by atoms with Gasteiger partial charge < -0.3 is 10.1 Å². The van der Waals surface area contributed by atoms with Gasteiger partial charge in [-0.15, -0.1) is 11.3 Å². The molecule has 30 heavy (non-hydrogen) atoms. The molecule has 0 spiro atoms. The van der Waals surface area contributed by atoms with Crippen LogP contribution >= 0.6 is 11.3 Å². The summed E-state index contributed by atoms with van der Waals surface area (Å²) < 4.78 is 5.88. The number of aromatic nitrogens is 2. The number of fused-ring (bicyclic) bond motifs is 1. The van der Waals surface area contributed by atoms with E-state index in [2.05, 4.69) is 17.2 Å². The molecule has 1 aliphatic rings. The molecule has 0 atom stereocenters. The number of carbonyl (C=O) groups excluding carboxylic acids is 2. The van der Waals surface area contributed by atoms with Gasteiger partial charge in [0.1, 0.15) is 5.69 Å². The molecule has 0 aliphatic heterocycles. The van der Waals surface area contributed by atoms with Crippen LogP contribution in [-0.4, -0.2) is 29.0 Å². The van der Waals surface area contributed by atoms with Gasteiger partial charge >= 0.3 is 5.97 Å². The lowest BCUT2D eigenvalue weighted by Crippen LogP contribution is -2.16. The minimum atomic E-state index is -0.508. The molecule has 6 nitrogen and oxygen atoms in total. The average molecular weight is 424 g/mol. The number of nitrogens with one attached hydrogen (secondary N) is 1. The zero-order valence-electron chi connectivity index (χ0n) is 17.2. The molecule has 1 saturated carbocycles. The number of anilines is 1. The molecular weight excluding hydrogens is 398 g/mol. The second kappa shape index (κ2) is 8.92. The predicted octanol–water partition coefficient (Wildman–Crippen LogP) is 5.41. The molecule has 1 fully saturated rings. The summed E-state index contributed by atoms with van der Waals surface area (Å²) in [5, 5.41) is 3.93. The third-order valence-electron chi connectivity index (χ3n) is 5.87. The molecule has 7 heteroatoms. The molecular formula is C23H25N3O3S. The van der Waals surface area contributed by atoms with Gasteiger partial charge in [-0.3, -0.25) is 9.78 Å². The van der Waals surface area contributed by atoms with Gasteiger partial charge in [-0.05, 0) is 55.9 Å². The number of rotatable bonds is 5. The van der Waals surface area contributed by atoms with Crippen LogP contribution in [0.2, 0.25) is 0 Å². The van der Waals surface area contributed by atoms with Gasteiger partial charge in [-0.2, -0.15) is 0 Å². The molecule has 2 heterocycles. The van der Waals surface area contributed by atoms with Crippen LogP contribution < -0.4 is 5.32 Å². The Morgan fingerprint density at radius 2 is 2.00 bits per heavy atom. The van der Waals surface area contributed by atoms with Crippen molar-refractivity contribution in [3.05, 3.63) is 52.8 Å². The average Bonchev–Trinajstić information content (AvgIpc) is 3.21. The first kappa shape index (κ1) is 20.5. The summed E-state index contributed by atoms with van der Waals surface area (Å²) in [7, 11) is 1.33. The van der Waals surface area contributed by atoms with Crippen molar-refractivity contribution in [2.24, 2.45) is 5.92 Å². The maximum Gasteiger partial charge on any atom is 0.340 e. The van der Waals surface area contributed by atoms with Crippen LogP contribution in [0.3, 0.4) is 0 Å². The predicted molar refractivity (Wildman–Crippen MR) is 118 cm³/mol. The molecule has 0 unspecified atom stereocenters. The second-order valence-corrected chi connectivity index (χ2v) is 8.77. The van der Waals surface area contributed by atoms with Gasteiger partial charge in [0.25, 0.3) is 5.91 Å². The van der Waals surface area contributed by atoms with Crippen LogP contribution in [0.4, 0.5) is 5.69 Å². The van der Waals surface area contributed by atoms with Crippen molar-refractivity contribution in [3.8, 4) is 0 Å². The van der Waals surface area contributed by atoms with Crippen LogP contribution in [0, 0.1) is 5.92 Å². The monoisotopic (exact) mass is 423 g/mol. The minimum absolute atomic E-state index is 0.283. The third-order valence-corrected chi connectivity index (χ3v) is 7.05. The maximum atomic E-state index is 12.6. The van der Waals surface area contributed by atoms with E-state index in [9.17, 15) is 9.59 Å². The number of ether oxygens (including phenoxy) is 1. The standard InChI is InChI=1S/C23H25N3O3S/c1-3-14-7-9-15(10-8-14)22-26-19-12-16(23(28)29-2)18(13-20(19)30-22)25-21(27)17-6-4-5-11-24-17/h4-6,11-15H,3,7-10H2,1-2H3,(H,25,27). The van der Waals surface area contributed by atoms with Gasteiger partial charge in [0.2, 0.25) is 0 Å². The zero-order chi connectivity index (χ0) is 21.1. The summed E-state index contributed by atoms with van der Waals surface area (Å²) in [6.45, 7) is 2.26. The summed E-state index contributed by atoms with van der Waals surface area (Å²) in [4.78, 5) is 33.8. The molecule has 1 aliphatic carbocycles. The lowest BCUT2D eigenvalue weighted by molar-refractivity contribution is 0.0602. The number of pyridine rings is 1. The molecule has 0 saturated heterocycles. The highest BCUT2D eigenvalue weighted by atomic mass is 32.1. The number of hydrogen-bond donors (Lipinski definition) is 1. The lowest BCUT2D eigenvalue weighted by atomic mass is 9.81. The summed E-state index contributed by atoms with van der Waals surface area (Å²) in [6.07, 6.45) is 7.61. The Kier molecular flexibility index (Phi) is 6.08. The normalized spacial score (nSPS) is 18.9. The topological polar surface area (TPSA) is 81.2 Å². The van der Waals surface area contributed by atoms with E-state index in [4.69, 9.17) is 9.72 Å². The second-order valence-electron chi connectivity index (χ2n) is 7.70. The number of nitrogens with zero attached hydrogens (tertiary/aromatic N) is 2. The summed E-state index contributed by atoms with van der Waals surface area (Å²) in [5.41, 5.74) is 1.76. The van der Waals surface area contributed by atoms with Gasteiger partial charge in [-0.25, -0.2) is 9.78 Å². The van der Waals surface area contributed by atoms with Crippen LogP contribution in [-0.2, 0) is 4.74 Å². The largest absolute Gasteiger partial charge is 0.465 e. The van der Waals surface area contributed by atoms with Gasteiger partial charge in [0.05, 0.1) is 33.6 Å². The SMILES string of the molecule is CCC1CCC(c2nc3cc(C(=O)OC)c(NC(=O)c4ccccn4)cc3s2)CC1. The highest BCUT2D eigenvalue weighted by Crippen LogP contribution is 2.40. The van der Waals surface area contributed by atoms with E-state index in [-0.39, 0.29) is 11.6 Å². The Hall–Kier alpha value is -2.80. The summed E-state index contributed by atoms with van der Waals surface area (Å²) in [6, 6.07) is 8.65. The molecule has 156 valence electrons. The van der Waals surface area contributed by atoms with E-state index in [1.807, 2.05) is 6.07 Å². The highest BCUT2D eigenvalue weighted by Gasteiger charge is 2.25. The minimum Gasteiger partial charge on any atom is -0.465 e. The van der Waals surface area contributed by atoms with Crippen LogP contribution in [0.1, 0.15) is 70.8 Å². The Bertz CT molecular complexity index is 1060. The van der Waals surface area contributed by atoms with Crippen molar-refractivity contribution in [2.75, 3.05) is 12.4 Å². The first-order chi connectivity index (χ1) is 14.6. The van der Waals surface area contributed by atoms with Gasteiger partial charge in [-0.1, -0.05) is 19.4 Å². The number of benzene rings is 1. The number of carbonyl (C=O) groups is 2. The third kappa shape index (κ3) is 4.21. The van der Waals surface area contributed by atoms with Gasteiger partial charge in [0.15, 0.2) is 0 Å². The quantitative estimate of drug-likeness (QED) is 0.555. The fourth-order valence-corrected chi connectivity index (χ4v) is 5.21. The van der Waals surface area contributed by atoms with Crippen LogP contribution in [0.15, 0.2) is 36.5 Å². The maximum absolute atomic E-state index is 12.6. The molecule has 1 N–H and O–H groups in total. The summed E-state index contributed by atoms with van der Waals surface area (Å²) >= 11 is 1.65. The Balaban J connectivity index is 1.65. The summed E-state index contributed by atoms with van der Waals surface area (Å²) in [5.74, 6) is 0.419. The number of esters is 1. The smallest absolute Gasteiger partial charge is 0.340 e. The first-order valence-electron chi connectivity index (χ1n) is 10.3. The molecule has 3 aromatic rings. The fourth-order valence-electron chi connectivity index (χ4n) is 4.05. The van der Waals surface area contributed by atoms with Crippen LogP contribution in [0.25, 0.3) is 10.2 Å². The Morgan fingerprint density at radius 3 is 2.67 bits per heavy atom. The fraction of sp³-hybridized carbons (Fsp3) is 0.391. The zero-order valence-corrected chi connectivity index (χ0v) is 18.0. The van der Waals surface area contributed by atoms with Crippen LogP contribution in [0.5, 0.6) is 0 Å². The van der Waals surface area contributed by atoms with E-state index in [1.54, 1.807) is 41.8 Å². The molecule has 1 amide bonds. The molecule has 0 bridgehead atoms. The Labute approximate surface area is 179 Å². The molecule has 2 aromatic heterocycles. The van der Waals surface area contributed by atoms with E-state index in [0.29, 0.717) is 17.2 Å². The molecule has 1 aromatic carbocycles. The Morgan fingerprint density at radius 1 is 1.20 bits per heavy atom. The van der Waals surface area contributed by atoms with E-state index >= 15 is 0 Å². The van der Waals surface area contributed by atoms with Crippen molar-refractivity contribution >= 4 is 39.1 Å². The van der Waals surface area contributed by atoms with Gasteiger partial charge in [0, 0.05) is 12.1 Å². The van der Waals surface area contributed by atoms with E-state index in [0.717, 1.165) is 34.0 Å². The molecule has 0 radical (unpaired) electrons. The van der Waals surface area contributed by atoms with Crippen molar-refractivity contribution in [1.29, 1.82) is 0 Å². The van der Waals surface area contributed by atoms with Crippen molar-refractivity contribution in [2.45, 2.75) is 44.9 Å². The number of hydrogen-bond acceptors (Lipinski definition) is 6. The number of thiazole rings is 1. The first-order valence-corrected chi connectivity index (χ1v) is 11.2. The number of methoxy groups -OCH3 is 1.